The summed E-state index contributed by atoms with van der Waals surface area (Å²) in [6, 6.07) is 7.16. The van der Waals surface area contributed by atoms with Gasteiger partial charge in [0.25, 0.3) is 0 Å². The molecule has 3 heteroatoms. The van der Waals surface area contributed by atoms with Crippen molar-refractivity contribution < 1.29 is 9.90 Å². The second kappa shape index (κ2) is 9.54. The maximum absolute atomic E-state index is 10.9. The van der Waals surface area contributed by atoms with Crippen molar-refractivity contribution in [2.24, 2.45) is 5.92 Å². The molecule has 0 amide bonds. The van der Waals surface area contributed by atoms with Gasteiger partial charge in [-0.2, -0.15) is 0 Å². The SMILES string of the molecule is CCCCC(CCC)CNCc1cccc(C(=O)O)c1. The standard InChI is InChI=1S/C17H27NO2/c1-3-5-8-14(7-4-2)12-18-13-15-9-6-10-16(11-15)17(19)20/h6,9-11,14,18H,3-5,7-8,12-13H2,1-2H3,(H,19,20). The molecular formula is C17H27NO2. The third-order valence-electron chi connectivity index (χ3n) is 3.60. The molecule has 0 saturated heterocycles. The Kier molecular flexibility index (Phi) is 7.97. The van der Waals surface area contributed by atoms with E-state index in [0.717, 1.165) is 24.6 Å². The van der Waals surface area contributed by atoms with E-state index in [1.807, 2.05) is 6.07 Å². The van der Waals surface area contributed by atoms with Gasteiger partial charge >= 0.3 is 5.97 Å². The lowest BCUT2D eigenvalue weighted by Crippen LogP contribution is -2.22. The van der Waals surface area contributed by atoms with Crippen molar-refractivity contribution in [3.8, 4) is 0 Å². The van der Waals surface area contributed by atoms with Gasteiger partial charge in [0, 0.05) is 6.54 Å². The first-order valence-corrected chi connectivity index (χ1v) is 7.70. The van der Waals surface area contributed by atoms with Crippen LogP contribution in [0, 0.1) is 5.92 Å². The molecule has 0 spiro atoms. The minimum absolute atomic E-state index is 0.361. The third kappa shape index (κ3) is 6.20. The molecular weight excluding hydrogens is 250 g/mol. The molecule has 0 aliphatic rings. The van der Waals surface area contributed by atoms with Crippen LogP contribution in [0.5, 0.6) is 0 Å². The first-order valence-electron chi connectivity index (χ1n) is 7.70. The lowest BCUT2D eigenvalue weighted by atomic mass is 9.97. The Balaban J connectivity index is 2.41. The highest BCUT2D eigenvalue weighted by Gasteiger charge is 2.07. The van der Waals surface area contributed by atoms with Gasteiger partial charge in [-0.05, 0) is 43.0 Å². The molecule has 0 aromatic heterocycles. The smallest absolute Gasteiger partial charge is 0.335 e. The number of rotatable bonds is 10. The zero-order valence-electron chi connectivity index (χ0n) is 12.7. The van der Waals surface area contributed by atoms with E-state index in [0.29, 0.717) is 5.56 Å². The van der Waals surface area contributed by atoms with Gasteiger partial charge in [0.05, 0.1) is 5.56 Å². The molecule has 1 aromatic carbocycles. The molecule has 3 nitrogen and oxygen atoms in total. The monoisotopic (exact) mass is 277 g/mol. The van der Waals surface area contributed by atoms with E-state index in [1.165, 1.54) is 32.1 Å². The van der Waals surface area contributed by atoms with Crippen molar-refractivity contribution >= 4 is 5.97 Å². The molecule has 0 aliphatic carbocycles. The normalized spacial score (nSPS) is 12.3. The van der Waals surface area contributed by atoms with Gasteiger partial charge < -0.3 is 10.4 Å². The first kappa shape index (κ1) is 16.7. The van der Waals surface area contributed by atoms with Crippen LogP contribution >= 0.6 is 0 Å². The van der Waals surface area contributed by atoms with Crippen molar-refractivity contribution in [3.63, 3.8) is 0 Å². The Bertz CT molecular complexity index is 404. The fourth-order valence-electron chi connectivity index (χ4n) is 2.48. The van der Waals surface area contributed by atoms with Gasteiger partial charge in [0.15, 0.2) is 0 Å². The number of carboxylic acid groups (broad SMARTS) is 1. The molecule has 1 rings (SSSR count). The molecule has 0 aliphatic heterocycles. The van der Waals surface area contributed by atoms with Gasteiger partial charge in [0.2, 0.25) is 0 Å². The Labute approximate surface area is 122 Å². The molecule has 0 heterocycles. The molecule has 112 valence electrons. The highest BCUT2D eigenvalue weighted by Crippen LogP contribution is 2.14. The van der Waals surface area contributed by atoms with Crippen molar-refractivity contribution in [3.05, 3.63) is 35.4 Å². The van der Waals surface area contributed by atoms with Gasteiger partial charge in [-0.1, -0.05) is 45.2 Å². The van der Waals surface area contributed by atoms with E-state index in [2.05, 4.69) is 19.2 Å². The van der Waals surface area contributed by atoms with Gasteiger partial charge in [-0.3, -0.25) is 0 Å². The van der Waals surface area contributed by atoms with Crippen molar-refractivity contribution in [2.75, 3.05) is 6.54 Å². The zero-order valence-corrected chi connectivity index (χ0v) is 12.7. The lowest BCUT2D eigenvalue weighted by molar-refractivity contribution is 0.0696. The average molecular weight is 277 g/mol. The van der Waals surface area contributed by atoms with Crippen LogP contribution in [-0.4, -0.2) is 17.6 Å². The fourth-order valence-corrected chi connectivity index (χ4v) is 2.48. The predicted molar refractivity (Wildman–Crippen MR) is 83.0 cm³/mol. The van der Waals surface area contributed by atoms with Crippen LogP contribution in [0.2, 0.25) is 0 Å². The van der Waals surface area contributed by atoms with Gasteiger partial charge in [-0.25, -0.2) is 4.79 Å². The molecule has 2 N–H and O–H groups in total. The minimum atomic E-state index is -0.862. The van der Waals surface area contributed by atoms with Gasteiger partial charge in [-0.15, -0.1) is 0 Å². The molecule has 0 saturated carbocycles. The van der Waals surface area contributed by atoms with Crippen molar-refractivity contribution in [1.82, 2.24) is 5.32 Å². The Morgan fingerprint density at radius 1 is 1.25 bits per heavy atom. The second-order valence-corrected chi connectivity index (χ2v) is 5.43. The van der Waals surface area contributed by atoms with Crippen LogP contribution in [0.4, 0.5) is 0 Å². The van der Waals surface area contributed by atoms with E-state index < -0.39 is 5.97 Å². The highest BCUT2D eigenvalue weighted by molar-refractivity contribution is 5.87. The maximum Gasteiger partial charge on any atom is 0.335 e. The summed E-state index contributed by atoms with van der Waals surface area (Å²) in [5.74, 6) is -0.124. The number of carboxylic acids is 1. The van der Waals surface area contributed by atoms with Crippen LogP contribution in [0.3, 0.4) is 0 Å². The summed E-state index contributed by atoms with van der Waals surface area (Å²) in [4.78, 5) is 10.9. The molecule has 20 heavy (non-hydrogen) atoms. The molecule has 0 radical (unpaired) electrons. The number of benzene rings is 1. The van der Waals surface area contributed by atoms with E-state index in [9.17, 15) is 4.79 Å². The van der Waals surface area contributed by atoms with E-state index in [1.54, 1.807) is 18.2 Å². The first-order chi connectivity index (χ1) is 9.67. The number of nitrogens with one attached hydrogen (secondary N) is 1. The summed E-state index contributed by atoms with van der Waals surface area (Å²) in [5.41, 5.74) is 1.40. The van der Waals surface area contributed by atoms with Gasteiger partial charge in [0.1, 0.15) is 0 Å². The summed E-state index contributed by atoms with van der Waals surface area (Å²) < 4.78 is 0. The molecule has 1 atom stereocenters. The van der Waals surface area contributed by atoms with Crippen molar-refractivity contribution in [1.29, 1.82) is 0 Å². The predicted octanol–water partition coefficient (Wildman–Crippen LogP) is 4.08. The van der Waals surface area contributed by atoms with Crippen LogP contribution in [-0.2, 0) is 6.54 Å². The lowest BCUT2D eigenvalue weighted by Gasteiger charge is -2.16. The minimum Gasteiger partial charge on any atom is -0.478 e. The van der Waals surface area contributed by atoms with E-state index >= 15 is 0 Å². The van der Waals surface area contributed by atoms with Crippen LogP contribution in [0.15, 0.2) is 24.3 Å². The fraction of sp³-hybridized carbons (Fsp3) is 0.588. The Hall–Kier alpha value is -1.35. The summed E-state index contributed by atoms with van der Waals surface area (Å²) in [6.07, 6.45) is 6.32. The quantitative estimate of drug-likeness (QED) is 0.677. The summed E-state index contributed by atoms with van der Waals surface area (Å²) in [6.45, 7) is 6.22. The second-order valence-electron chi connectivity index (χ2n) is 5.43. The molecule has 0 bridgehead atoms. The molecule has 1 unspecified atom stereocenters. The Morgan fingerprint density at radius 3 is 2.70 bits per heavy atom. The summed E-state index contributed by atoms with van der Waals surface area (Å²) >= 11 is 0. The number of aromatic carboxylic acids is 1. The topological polar surface area (TPSA) is 49.3 Å². The zero-order chi connectivity index (χ0) is 14.8. The number of hydrogen-bond acceptors (Lipinski definition) is 2. The summed E-state index contributed by atoms with van der Waals surface area (Å²) in [5, 5.41) is 12.4. The number of carbonyl (C=O) groups is 1. The average Bonchev–Trinajstić information content (AvgIpc) is 2.45. The van der Waals surface area contributed by atoms with Crippen molar-refractivity contribution in [2.45, 2.75) is 52.5 Å². The van der Waals surface area contributed by atoms with E-state index in [4.69, 9.17) is 5.11 Å². The van der Waals surface area contributed by atoms with E-state index in [-0.39, 0.29) is 0 Å². The van der Waals surface area contributed by atoms with Crippen LogP contribution in [0.1, 0.15) is 61.9 Å². The van der Waals surface area contributed by atoms with Crippen LogP contribution < -0.4 is 5.32 Å². The third-order valence-corrected chi connectivity index (χ3v) is 3.60. The molecule has 1 aromatic rings. The largest absolute Gasteiger partial charge is 0.478 e. The van der Waals surface area contributed by atoms with Crippen LogP contribution in [0.25, 0.3) is 0 Å². The molecule has 0 fully saturated rings. The Morgan fingerprint density at radius 2 is 2.05 bits per heavy atom. The number of hydrogen-bond donors (Lipinski definition) is 2. The summed E-state index contributed by atoms with van der Waals surface area (Å²) in [7, 11) is 0. The highest BCUT2D eigenvalue weighted by atomic mass is 16.4. The maximum atomic E-state index is 10.9. The number of unbranched alkanes of at least 4 members (excludes halogenated alkanes) is 1.